The third-order valence-electron chi connectivity index (χ3n) is 4.16. The van der Waals surface area contributed by atoms with Crippen molar-refractivity contribution in [3.05, 3.63) is 82.9 Å². The first-order chi connectivity index (χ1) is 13.0. The van der Waals surface area contributed by atoms with Gasteiger partial charge >= 0.3 is 11.9 Å². The predicted octanol–water partition coefficient (Wildman–Crippen LogP) is 2.91. The average Bonchev–Trinajstić information content (AvgIpc) is 3.07. The lowest BCUT2D eigenvalue weighted by Crippen LogP contribution is -2.26. The summed E-state index contributed by atoms with van der Waals surface area (Å²) in [4.78, 5) is 30.3. The highest BCUT2D eigenvalue weighted by Crippen LogP contribution is 2.40. The zero-order valence-corrected chi connectivity index (χ0v) is 14.8. The van der Waals surface area contributed by atoms with Gasteiger partial charge in [0.05, 0.1) is 20.8 Å². The molecule has 0 bridgehead atoms. The van der Waals surface area contributed by atoms with E-state index in [1.807, 2.05) is 30.3 Å². The number of rotatable bonds is 5. The minimum absolute atomic E-state index is 0.00638. The van der Waals surface area contributed by atoms with Gasteiger partial charge in [-0.25, -0.2) is 14.0 Å². The Balaban J connectivity index is 2.07. The third kappa shape index (κ3) is 3.83. The topological polar surface area (TPSA) is 65.1 Å². The number of nitrogens with zero attached hydrogens (tertiary/aromatic N) is 1. The standard InChI is InChI=1S/C20H18FNO5/c1-25-19(23)16-17(14-8-10-15(21)11-9-14)22(27-18(16)20(24)26-2)12-13-6-4-3-5-7-13/h3-11,17H,12H2,1-2H3. The first-order valence-corrected chi connectivity index (χ1v) is 8.20. The molecule has 0 saturated heterocycles. The molecule has 140 valence electrons. The number of hydrogen-bond acceptors (Lipinski definition) is 6. The van der Waals surface area contributed by atoms with Crippen LogP contribution in [0.1, 0.15) is 17.2 Å². The third-order valence-corrected chi connectivity index (χ3v) is 4.16. The Morgan fingerprint density at radius 2 is 1.63 bits per heavy atom. The maximum Gasteiger partial charge on any atom is 0.376 e. The van der Waals surface area contributed by atoms with E-state index in [4.69, 9.17) is 14.3 Å². The highest BCUT2D eigenvalue weighted by atomic mass is 19.1. The fourth-order valence-electron chi connectivity index (χ4n) is 2.91. The molecule has 0 saturated carbocycles. The van der Waals surface area contributed by atoms with Crippen molar-refractivity contribution in [3.8, 4) is 0 Å². The van der Waals surface area contributed by atoms with Gasteiger partial charge in [-0.3, -0.25) is 0 Å². The van der Waals surface area contributed by atoms with Gasteiger partial charge in [0.25, 0.3) is 0 Å². The van der Waals surface area contributed by atoms with E-state index in [2.05, 4.69) is 0 Å². The van der Waals surface area contributed by atoms with Crippen LogP contribution in [0.25, 0.3) is 0 Å². The van der Waals surface area contributed by atoms with E-state index in [0.29, 0.717) is 5.56 Å². The minimum Gasteiger partial charge on any atom is -0.465 e. The Labute approximate surface area is 155 Å². The minimum atomic E-state index is -0.793. The Kier molecular flexibility index (Phi) is 5.52. The van der Waals surface area contributed by atoms with Crippen LogP contribution in [0.4, 0.5) is 4.39 Å². The average molecular weight is 371 g/mol. The van der Waals surface area contributed by atoms with Gasteiger partial charge in [0, 0.05) is 0 Å². The van der Waals surface area contributed by atoms with Crippen molar-refractivity contribution in [2.45, 2.75) is 12.6 Å². The molecule has 0 spiro atoms. The van der Waals surface area contributed by atoms with Crippen LogP contribution in [0.3, 0.4) is 0 Å². The van der Waals surface area contributed by atoms with Crippen LogP contribution in [0.5, 0.6) is 0 Å². The van der Waals surface area contributed by atoms with E-state index in [1.54, 1.807) is 0 Å². The molecule has 2 aromatic carbocycles. The Morgan fingerprint density at radius 1 is 1.00 bits per heavy atom. The maximum atomic E-state index is 13.4. The molecule has 3 rings (SSSR count). The Hall–Kier alpha value is -3.19. The first-order valence-electron chi connectivity index (χ1n) is 8.20. The number of benzene rings is 2. The number of carbonyl (C=O) groups excluding carboxylic acids is 2. The summed E-state index contributed by atoms with van der Waals surface area (Å²) in [6, 6.07) is 14.3. The van der Waals surface area contributed by atoms with Gasteiger partial charge < -0.3 is 14.3 Å². The van der Waals surface area contributed by atoms with E-state index >= 15 is 0 Å². The number of hydrogen-bond donors (Lipinski definition) is 0. The second-order valence-corrected chi connectivity index (χ2v) is 5.83. The highest BCUT2D eigenvalue weighted by molar-refractivity contribution is 6.00. The number of esters is 2. The smallest absolute Gasteiger partial charge is 0.376 e. The van der Waals surface area contributed by atoms with Crippen LogP contribution in [0.2, 0.25) is 0 Å². The number of carbonyl (C=O) groups is 2. The molecule has 27 heavy (non-hydrogen) atoms. The highest BCUT2D eigenvalue weighted by Gasteiger charge is 2.44. The molecule has 6 nitrogen and oxygen atoms in total. The SMILES string of the molecule is COC(=O)C1=C(C(=O)OC)C(c2ccc(F)cc2)N(Cc2ccccc2)O1. The fraction of sp³-hybridized carbons (Fsp3) is 0.200. The van der Waals surface area contributed by atoms with Crippen molar-refractivity contribution in [1.29, 1.82) is 0 Å². The summed E-state index contributed by atoms with van der Waals surface area (Å²) in [6.45, 7) is 0.282. The molecule has 0 aliphatic carbocycles. The molecule has 1 unspecified atom stereocenters. The number of ether oxygens (including phenoxy) is 2. The molecule has 0 amide bonds. The van der Waals surface area contributed by atoms with Crippen LogP contribution in [0, 0.1) is 5.82 Å². The van der Waals surface area contributed by atoms with Gasteiger partial charge in [-0.15, -0.1) is 5.06 Å². The largest absolute Gasteiger partial charge is 0.465 e. The summed E-state index contributed by atoms with van der Waals surface area (Å²) >= 11 is 0. The Morgan fingerprint density at radius 3 is 2.22 bits per heavy atom. The zero-order valence-electron chi connectivity index (χ0n) is 14.8. The lowest BCUT2D eigenvalue weighted by molar-refractivity contribution is -0.160. The second-order valence-electron chi connectivity index (χ2n) is 5.83. The molecule has 0 N–H and O–H groups in total. The summed E-state index contributed by atoms with van der Waals surface area (Å²) in [7, 11) is 2.41. The second kappa shape index (κ2) is 8.01. The van der Waals surface area contributed by atoms with E-state index < -0.39 is 23.8 Å². The molecule has 1 aliphatic rings. The fourth-order valence-corrected chi connectivity index (χ4v) is 2.91. The summed E-state index contributed by atoms with van der Waals surface area (Å²) in [5.74, 6) is -2.17. The molecule has 0 aromatic heterocycles. The van der Waals surface area contributed by atoms with Crippen LogP contribution in [-0.2, 0) is 30.4 Å². The van der Waals surface area contributed by atoms with Crippen LogP contribution < -0.4 is 0 Å². The van der Waals surface area contributed by atoms with E-state index in [-0.39, 0.29) is 17.9 Å². The number of halogens is 1. The van der Waals surface area contributed by atoms with Crippen molar-refractivity contribution in [2.24, 2.45) is 0 Å². The van der Waals surface area contributed by atoms with E-state index in [0.717, 1.165) is 5.56 Å². The zero-order chi connectivity index (χ0) is 19.4. The molecule has 7 heteroatoms. The quantitative estimate of drug-likeness (QED) is 0.753. The van der Waals surface area contributed by atoms with E-state index in [9.17, 15) is 14.0 Å². The van der Waals surface area contributed by atoms with Gasteiger partial charge in [0.2, 0.25) is 5.76 Å². The van der Waals surface area contributed by atoms with Crippen molar-refractivity contribution < 1.29 is 28.3 Å². The lowest BCUT2D eigenvalue weighted by Gasteiger charge is -2.24. The number of hydroxylamine groups is 2. The molecule has 0 radical (unpaired) electrons. The monoisotopic (exact) mass is 371 g/mol. The van der Waals surface area contributed by atoms with Gasteiger partial charge in [0.1, 0.15) is 17.4 Å². The van der Waals surface area contributed by atoms with Gasteiger partial charge in [-0.1, -0.05) is 42.5 Å². The Bertz CT molecular complexity index is 864. The summed E-state index contributed by atoms with van der Waals surface area (Å²) in [6.07, 6.45) is 0. The van der Waals surface area contributed by atoms with Crippen LogP contribution >= 0.6 is 0 Å². The van der Waals surface area contributed by atoms with Gasteiger partial charge in [0.15, 0.2) is 0 Å². The van der Waals surface area contributed by atoms with Crippen molar-refractivity contribution in [2.75, 3.05) is 14.2 Å². The normalized spacial score (nSPS) is 16.8. The van der Waals surface area contributed by atoms with Crippen molar-refractivity contribution >= 4 is 11.9 Å². The van der Waals surface area contributed by atoms with Crippen molar-refractivity contribution in [3.63, 3.8) is 0 Å². The summed E-state index contributed by atoms with van der Waals surface area (Å²) < 4.78 is 23.0. The van der Waals surface area contributed by atoms with Crippen molar-refractivity contribution in [1.82, 2.24) is 5.06 Å². The number of methoxy groups -OCH3 is 2. The maximum absolute atomic E-state index is 13.4. The predicted molar refractivity (Wildman–Crippen MR) is 93.3 cm³/mol. The molecular weight excluding hydrogens is 353 g/mol. The lowest BCUT2D eigenvalue weighted by atomic mass is 9.97. The molecule has 0 fully saturated rings. The summed E-state index contributed by atoms with van der Waals surface area (Å²) in [5, 5.41) is 1.47. The molecular formula is C20H18FNO5. The molecule has 2 aromatic rings. The van der Waals surface area contributed by atoms with Gasteiger partial charge in [-0.05, 0) is 23.3 Å². The van der Waals surface area contributed by atoms with Crippen LogP contribution in [0.15, 0.2) is 65.9 Å². The molecule has 1 atom stereocenters. The van der Waals surface area contributed by atoms with Gasteiger partial charge in [-0.2, -0.15) is 0 Å². The van der Waals surface area contributed by atoms with Crippen LogP contribution in [-0.4, -0.2) is 31.2 Å². The summed E-state index contributed by atoms with van der Waals surface area (Å²) in [5.41, 5.74) is 1.48. The van der Waals surface area contributed by atoms with E-state index in [1.165, 1.54) is 43.5 Å². The molecule has 1 aliphatic heterocycles. The first kappa shape index (κ1) is 18.6. The molecule has 1 heterocycles.